The van der Waals surface area contributed by atoms with Crippen LogP contribution < -0.4 is 5.32 Å². The number of likely N-dealkylation sites (tertiary alicyclic amines) is 1. The summed E-state index contributed by atoms with van der Waals surface area (Å²) in [6, 6.07) is 3.20. The van der Waals surface area contributed by atoms with Crippen LogP contribution in [0, 0.1) is 0 Å². The number of rotatable bonds is 3. The van der Waals surface area contributed by atoms with Gasteiger partial charge in [-0.2, -0.15) is 0 Å². The molecule has 0 aromatic carbocycles. The smallest absolute Gasteiger partial charge is 0.272 e. The second-order valence-electron chi connectivity index (χ2n) is 5.85. The van der Waals surface area contributed by atoms with Crippen molar-refractivity contribution in [3.05, 3.63) is 29.6 Å². The third-order valence-corrected chi connectivity index (χ3v) is 4.03. The topological polar surface area (TPSA) is 28.2 Å². The first-order valence-corrected chi connectivity index (χ1v) is 6.99. The number of alkyl halides is 4. The summed E-state index contributed by atoms with van der Waals surface area (Å²) < 4.78 is 53.5. The zero-order valence-corrected chi connectivity index (χ0v) is 11.5. The van der Waals surface area contributed by atoms with Crippen molar-refractivity contribution in [2.24, 2.45) is 0 Å². The van der Waals surface area contributed by atoms with Gasteiger partial charge in [0, 0.05) is 32.3 Å². The van der Waals surface area contributed by atoms with E-state index < -0.39 is 17.8 Å². The first kappa shape index (κ1) is 14.7. The van der Waals surface area contributed by atoms with Crippen molar-refractivity contribution in [1.29, 1.82) is 0 Å². The number of aromatic nitrogens is 1. The van der Waals surface area contributed by atoms with Crippen LogP contribution in [0.1, 0.15) is 23.6 Å². The highest BCUT2D eigenvalue weighted by molar-refractivity contribution is 5.24. The highest BCUT2D eigenvalue weighted by atomic mass is 19.3. The molecule has 3 nitrogen and oxygen atoms in total. The molecule has 2 saturated heterocycles. The third-order valence-electron chi connectivity index (χ3n) is 4.03. The molecule has 1 atom stereocenters. The molecule has 0 saturated carbocycles. The Bertz CT molecular complexity index is 513. The minimum atomic E-state index is -2.74. The molecule has 7 heteroatoms. The van der Waals surface area contributed by atoms with Gasteiger partial charge in [-0.15, -0.1) is 0 Å². The summed E-state index contributed by atoms with van der Waals surface area (Å²) in [6.07, 6.45) is 1.29. The Balaban J connectivity index is 1.71. The Kier molecular flexibility index (Phi) is 3.65. The lowest BCUT2D eigenvalue weighted by atomic mass is 9.88. The van der Waals surface area contributed by atoms with Crippen LogP contribution in [-0.2, 0) is 6.54 Å². The number of nitrogens with one attached hydrogen (secondary N) is 1. The maximum Gasteiger partial charge on any atom is 0.272 e. The fourth-order valence-corrected chi connectivity index (χ4v) is 2.94. The average molecular weight is 303 g/mol. The molecular formula is C14H17F4N3. The molecule has 1 unspecified atom stereocenters. The monoisotopic (exact) mass is 303 g/mol. The maximum absolute atomic E-state index is 14.0. The van der Waals surface area contributed by atoms with Gasteiger partial charge in [-0.05, 0) is 17.7 Å². The average Bonchev–Trinajstić information content (AvgIpc) is 2.36. The molecule has 2 aliphatic rings. The lowest BCUT2D eigenvalue weighted by molar-refractivity contribution is -0.134. The molecule has 2 fully saturated rings. The van der Waals surface area contributed by atoms with Crippen molar-refractivity contribution in [2.45, 2.75) is 30.7 Å². The Hall–Kier alpha value is -1.21. The highest BCUT2D eigenvalue weighted by Gasteiger charge is 2.44. The van der Waals surface area contributed by atoms with Crippen molar-refractivity contribution in [1.82, 2.24) is 15.2 Å². The van der Waals surface area contributed by atoms with E-state index in [1.165, 1.54) is 6.20 Å². The van der Waals surface area contributed by atoms with Crippen molar-refractivity contribution < 1.29 is 17.6 Å². The Morgan fingerprint density at radius 2 is 2.05 bits per heavy atom. The molecular weight excluding hydrogens is 286 g/mol. The molecule has 116 valence electrons. The summed E-state index contributed by atoms with van der Waals surface area (Å²) in [5, 5.41) is 2.97. The van der Waals surface area contributed by atoms with Gasteiger partial charge in [-0.1, -0.05) is 0 Å². The van der Waals surface area contributed by atoms with Crippen LogP contribution in [0.2, 0.25) is 0 Å². The predicted octanol–water partition coefficient (Wildman–Crippen LogP) is 2.24. The van der Waals surface area contributed by atoms with Gasteiger partial charge in [0.2, 0.25) is 0 Å². The molecule has 3 rings (SSSR count). The molecule has 1 aromatic heterocycles. The van der Waals surface area contributed by atoms with Crippen LogP contribution >= 0.6 is 0 Å². The minimum Gasteiger partial charge on any atom is -0.316 e. The summed E-state index contributed by atoms with van der Waals surface area (Å²) in [5.74, 6) is -6.25. The summed E-state index contributed by atoms with van der Waals surface area (Å²) in [4.78, 5) is 5.66. The maximum atomic E-state index is 14.0. The van der Waals surface area contributed by atoms with Crippen LogP contribution in [0.25, 0.3) is 0 Å². The molecule has 0 bridgehead atoms. The highest BCUT2D eigenvalue weighted by Crippen LogP contribution is 2.38. The van der Waals surface area contributed by atoms with Crippen molar-refractivity contribution >= 4 is 0 Å². The molecule has 1 N–H and O–H groups in total. The third kappa shape index (κ3) is 3.18. The number of hydrogen-bond acceptors (Lipinski definition) is 3. The van der Waals surface area contributed by atoms with E-state index in [4.69, 9.17) is 0 Å². The summed E-state index contributed by atoms with van der Waals surface area (Å²) >= 11 is 0. The predicted molar refractivity (Wildman–Crippen MR) is 69.6 cm³/mol. The Morgan fingerprint density at radius 3 is 2.71 bits per heavy atom. The first-order valence-electron chi connectivity index (χ1n) is 6.99. The summed E-state index contributed by atoms with van der Waals surface area (Å²) in [6.45, 7) is 0.220. The zero-order valence-electron chi connectivity index (χ0n) is 11.5. The van der Waals surface area contributed by atoms with Gasteiger partial charge in [-0.25, -0.2) is 17.6 Å². The first-order chi connectivity index (χ1) is 9.86. The van der Waals surface area contributed by atoms with E-state index >= 15 is 0 Å². The largest absolute Gasteiger partial charge is 0.316 e. The number of hydrogen-bond donors (Lipinski definition) is 1. The van der Waals surface area contributed by atoms with E-state index in [2.05, 4.69) is 10.3 Å². The van der Waals surface area contributed by atoms with E-state index in [0.29, 0.717) is 17.8 Å². The van der Waals surface area contributed by atoms with Gasteiger partial charge in [0.25, 0.3) is 11.8 Å². The van der Waals surface area contributed by atoms with Crippen molar-refractivity contribution in [3.8, 4) is 0 Å². The number of nitrogens with zero attached hydrogens (tertiary/aromatic N) is 2. The number of pyridine rings is 1. The van der Waals surface area contributed by atoms with Crippen LogP contribution in [0.3, 0.4) is 0 Å². The second kappa shape index (κ2) is 5.21. The van der Waals surface area contributed by atoms with Crippen molar-refractivity contribution in [3.63, 3.8) is 0 Å². The van der Waals surface area contributed by atoms with Gasteiger partial charge >= 0.3 is 0 Å². The Labute approximate surface area is 120 Å². The van der Waals surface area contributed by atoms with Gasteiger partial charge in [0.1, 0.15) is 0 Å². The number of halogens is 4. The fourth-order valence-electron chi connectivity index (χ4n) is 2.94. The zero-order chi connectivity index (χ0) is 15.1. The molecule has 3 heterocycles. The fraction of sp³-hybridized carbons (Fsp3) is 0.643. The van der Waals surface area contributed by atoms with E-state index in [9.17, 15) is 17.6 Å². The van der Waals surface area contributed by atoms with E-state index in [-0.39, 0.29) is 32.6 Å². The van der Waals surface area contributed by atoms with Crippen LogP contribution in [0.5, 0.6) is 0 Å². The molecule has 0 radical (unpaired) electrons. The second-order valence-corrected chi connectivity index (χ2v) is 5.85. The van der Waals surface area contributed by atoms with E-state index in [1.54, 1.807) is 17.0 Å². The number of piperidine rings is 1. The van der Waals surface area contributed by atoms with Crippen LogP contribution in [-0.4, -0.2) is 47.9 Å². The quantitative estimate of drug-likeness (QED) is 0.868. The van der Waals surface area contributed by atoms with Gasteiger partial charge < -0.3 is 5.32 Å². The molecule has 21 heavy (non-hydrogen) atoms. The molecule has 0 amide bonds. The van der Waals surface area contributed by atoms with Crippen molar-refractivity contribution in [2.75, 3.05) is 26.2 Å². The summed E-state index contributed by atoms with van der Waals surface area (Å²) in [7, 11) is 0. The Morgan fingerprint density at radius 1 is 1.29 bits per heavy atom. The van der Waals surface area contributed by atoms with Crippen LogP contribution in [0.4, 0.5) is 17.6 Å². The van der Waals surface area contributed by atoms with E-state index in [1.807, 2.05) is 0 Å². The van der Waals surface area contributed by atoms with Gasteiger partial charge in [0.05, 0.1) is 24.7 Å². The normalized spacial score (nSPS) is 28.1. The lowest BCUT2D eigenvalue weighted by Gasteiger charge is -2.38. The standard InChI is InChI=1S/C14H17F4N3/c15-13(16)8-21(9-13)7-11-5-10(1-3-20-11)12-6-19-4-2-14(12,17)18/h1,3,5,12,19H,2,4,6-9H2. The van der Waals surface area contributed by atoms with Crippen LogP contribution in [0.15, 0.2) is 18.3 Å². The van der Waals surface area contributed by atoms with Gasteiger partial charge in [0.15, 0.2) is 0 Å². The summed E-state index contributed by atoms with van der Waals surface area (Å²) in [5.41, 5.74) is 1.08. The van der Waals surface area contributed by atoms with E-state index in [0.717, 1.165) is 0 Å². The SMILES string of the molecule is FC1(F)CN(Cc2cc(C3CNCCC3(F)F)ccn2)C1. The lowest BCUT2D eigenvalue weighted by Crippen LogP contribution is -2.55. The minimum absolute atomic E-state index is 0.187. The molecule has 1 aromatic rings. The van der Waals surface area contributed by atoms with Gasteiger partial charge in [-0.3, -0.25) is 9.88 Å². The molecule has 0 spiro atoms. The molecule has 2 aliphatic heterocycles. The molecule has 0 aliphatic carbocycles.